The second-order valence-electron chi connectivity index (χ2n) is 7.58. The third-order valence-electron chi connectivity index (χ3n) is 5.62. The van der Waals surface area contributed by atoms with Gasteiger partial charge in [-0.1, -0.05) is 61.5 Å². The molecule has 1 aliphatic rings. The third-order valence-corrected chi connectivity index (χ3v) is 5.62. The number of hydrogen-bond acceptors (Lipinski definition) is 4. The maximum absolute atomic E-state index is 12.4. The summed E-state index contributed by atoms with van der Waals surface area (Å²) in [5, 5.41) is 12.0. The number of aryl methyl sites for hydroxylation is 1. The SMILES string of the molecule is CCc1ccc(C[C@H](NC(=O)OCC2c3ccccc3-c3ccccc32)C(=O)O)cn1. The van der Waals surface area contributed by atoms with E-state index in [2.05, 4.69) is 22.4 Å². The highest BCUT2D eigenvalue weighted by Gasteiger charge is 2.29. The predicted octanol–water partition coefficient (Wildman–Crippen LogP) is 4.18. The van der Waals surface area contributed by atoms with E-state index in [1.165, 1.54) is 0 Å². The van der Waals surface area contributed by atoms with Gasteiger partial charge in [0.05, 0.1) is 0 Å². The highest BCUT2D eigenvalue weighted by atomic mass is 16.5. The quantitative estimate of drug-likeness (QED) is 0.603. The van der Waals surface area contributed by atoms with Crippen molar-refractivity contribution in [3.8, 4) is 11.1 Å². The Morgan fingerprint density at radius 1 is 1.03 bits per heavy atom. The van der Waals surface area contributed by atoms with Crippen LogP contribution < -0.4 is 5.32 Å². The van der Waals surface area contributed by atoms with Crippen molar-refractivity contribution in [2.75, 3.05) is 6.61 Å². The van der Waals surface area contributed by atoms with E-state index in [-0.39, 0.29) is 18.9 Å². The van der Waals surface area contributed by atoms with E-state index in [0.717, 1.165) is 39.9 Å². The summed E-state index contributed by atoms with van der Waals surface area (Å²) in [5.74, 6) is -1.19. The number of hydrogen-bond donors (Lipinski definition) is 2. The molecule has 2 N–H and O–H groups in total. The fraction of sp³-hybridized carbons (Fsp3) is 0.240. The maximum Gasteiger partial charge on any atom is 0.407 e. The molecule has 3 aromatic rings. The fourth-order valence-corrected chi connectivity index (χ4v) is 4.00. The number of pyridine rings is 1. The number of alkyl carbamates (subject to hydrolysis) is 1. The van der Waals surface area contributed by atoms with Crippen molar-refractivity contribution < 1.29 is 19.4 Å². The number of aromatic nitrogens is 1. The van der Waals surface area contributed by atoms with Gasteiger partial charge in [-0.25, -0.2) is 9.59 Å². The molecule has 1 amide bonds. The van der Waals surface area contributed by atoms with Crippen LogP contribution in [0, 0.1) is 0 Å². The van der Waals surface area contributed by atoms with E-state index in [0.29, 0.717) is 0 Å². The van der Waals surface area contributed by atoms with Crippen LogP contribution in [0.1, 0.15) is 35.2 Å². The largest absolute Gasteiger partial charge is 0.480 e. The monoisotopic (exact) mass is 416 g/mol. The predicted molar refractivity (Wildman–Crippen MR) is 117 cm³/mol. The van der Waals surface area contributed by atoms with E-state index in [1.54, 1.807) is 6.20 Å². The lowest BCUT2D eigenvalue weighted by atomic mass is 9.98. The van der Waals surface area contributed by atoms with Crippen molar-refractivity contribution in [3.05, 3.63) is 89.2 Å². The molecule has 1 atom stereocenters. The number of fused-ring (bicyclic) bond motifs is 3. The number of nitrogens with zero attached hydrogens (tertiary/aromatic N) is 1. The maximum atomic E-state index is 12.4. The van der Waals surface area contributed by atoms with Gasteiger partial charge in [0.25, 0.3) is 0 Å². The molecule has 0 saturated carbocycles. The lowest BCUT2D eigenvalue weighted by Crippen LogP contribution is -2.42. The molecule has 0 fully saturated rings. The Bertz CT molecular complexity index is 1050. The number of carboxylic acids is 1. The number of rotatable bonds is 7. The van der Waals surface area contributed by atoms with Crippen LogP contribution in [0.25, 0.3) is 11.1 Å². The first-order chi connectivity index (χ1) is 15.1. The molecule has 0 aliphatic heterocycles. The van der Waals surface area contributed by atoms with Gasteiger partial charge in [0.15, 0.2) is 0 Å². The molecule has 0 bridgehead atoms. The fourth-order valence-electron chi connectivity index (χ4n) is 4.00. The lowest BCUT2D eigenvalue weighted by Gasteiger charge is -2.17. The molecule has 158 valence electrons. The van der Waals surface area contributed by atoms with Gasteiger partial charge in [0, 0.05) is 24.2 Å². The van der Waals surface area contributed by atoms with Crippen molar-refractivity contribution in [1.29, 1.82) is 0 Å². The van der Waals surface area contributed by atoms with Crippen LogP contribution in [0.3, 0.4) is 0 Å². The zero-order chi connectivity index (χ0) is 21.8. The zero-order valence-electron chi connectivity index (χ0n) is 17.2. The number of amides is 1. The molecule has 1 aromatic heterocycles. The van der Waals surface area contributed by atoms with Gasteiger partial charge in [0.1, 0.15) is 12.6 Å². The molecule has 1 heterocycles. The van der Waals surface area contributed by atoms with E-state index in [9.17, 15) is 14.7 Å². The van der Waals surface area contributed by atoms with Gasteiger partial charge >= 0.3 is 12.1 Å². The number of aliphatic carboxylic acids is 1. The summed E-state index contributed by atoms with van der Waals surface area (Å²) in [7, 11) is 0. The van der Waals surface area contributed by atoms with Gasteiger partial charge < -0.3 is 15.2 Å². The molecule has 0 unspecified atom stereocenters. The minimum absolute atomic E-state index is 0.0767. The highest BCUT2D eigenvalue weighted by molar-refractivity contribution is 5.81. The van der Waals surface area contributed by atoms with Crippen molar-refractivity contribution in [1.82, 2.24) is 10.3 Å². The Morgan fingerprint density at radius 3 is 2.23 bits per heavy atom. The van der Waals surface area contributed by atoms with E-state index >= 15 is 0 Å². The van der Waals surface area contributed by atoms with E-state index < -0.39 is 18.1 Å². The van der Waals surface area contributed by atoms with Crippen molar-refractivity contribution in [2.24, 2.45) is 0 Å². The molecule has 6 nitrogen and oxygen atoms in total. The van der Waals surface area contributed by atoms with Crippen molar-refractivity contribution >= 4 is 12.1 Å². The smallest absolute Gasteiger partial charge is 0.407 e. The molecular weight excluding hydrogens is 392 g/mol. The first-order valence-corrected chi connectivity index (χ1v) is 10.3. The molecular formula is C25H24N2O4. The number of nitrogens with one attached hydrogen (secondary N) is 1. The lowest BCUT2D eigenvalue weighted by molar-refractivity contribution is -0.139. The Hall–Kier alpha value is -3.67. The number of carboxylic acid groups (broad SMARTS) is 1. The molecule has 1 aliphatic carbocycles. The Balaban J connectivity index is 1.41. The first kappa shape index (κ1) is 20.6. The minimum atomic E-state index is -1.12. The molecule has 0 spiro atoms. The molecule has 4 rings (SSSR count). The van der Waals surface area contributed by atoms with E-state index in [1.807, 2.05) is 55.5 Å². The van der Waals surface area contributed by atoms with Crippen molar-refractivity contribution in [3.63, 3.8) is 0 Å². The summed E-state index contributed by atoms with van der Waals surface area (Å²) in [6, 6.07) is 18.7. The molecule has 0 radical (unpaired) electrons. The number of carbonyl (C=O) groups is 2. The normalized spacial score (nSPS) is 13.2. The van der Waals surface area contributed by atoms with Gasteiger partial charge in [0.2, 0.25) is 0 Å². The summed E-state index contributed by atoms with van der Waals surface area (Å²) in [5.41, 5.74) is 6.16. The molecule has 2 aromatic carbocycles. The first-order valence-electron chi connectivity index (χ1n) is 10.3. The van der Waals surface area contributed by atoms with Crippen LogP contribution in [0.2, 0.25) is 0 Å². The molecule has 6 heteroatoms. The van der Waals surface area contributed by atoms with Gasteiger partial charge in [-0.2, -0.15) is 0 Å². The van der Waals surface area contributed by atoms with Crippen LogP contribution in [0.4, 0.5) is 4.79 Å². The third kappa shape index (κ3) is 4.43. The van der Waals surface area contributed by atoms with Crippen molar-refractivity contribution in [2.45, 2.75) is 31.7 Å². The zero-order valence-corrected chi connectivity index (χ0v) is 17.2. The number of ether oxygens (including phenoxy) is 1. The van der Waals surface area contributed by atoms with Crippen LogP contribution in [-0.4, -0.2) is 34.8 Å². The van der Waals surface area contributed by atoms with Crippen LogP contribution >= 0.6 is 0 Å². The standard InChI is InChI=1S/C25H24N2O4/c1-2-17-12-11-16(14-26-17)13-23(24(28)29)27-25(30)31-15-22-20-9-5-3-7-18(20)19-8-4-6-10-21(19)22/h3-12,14,22-23H,2,13,15H2,1H3,(H,27,30)(H,28,29)/t23-/m0/s1. The molecule has 0 saturated heterocycles. The van der Waals surface area contributed by atoms with Gasteiger partial charge in [-0.3, -0.25) is 4.98 Å². The topological polar surface area (TPSA) is 88.5 Å². The second-order valence-corrected chi connectivity index (χ2v) is 7.58. The van der Waals surface area contributed by atoms with Crippen LogP contribution in [0.5, 0.6) is 0 Å². The Labute approximate surface area is 180 Å². The summed E-state index contributed by atoms with van der Waals surface area (Å²) < 4.78 is 5.47. The summed E-state index contributed by atoms with van der Waals surface area (Å²) in [6.07, 6.45) is 1.85. The number of carbonyl (C=O) groups excluding carboxylic acids is 1. The van der Waals surface area contributed by atoms with Gasteiger partial charge in [-0.05, 0) is 40.3 Å². The summed E-state index contributed by atoms with van der Waals surface area (Å²) in [4.78, 5) is 28.4. The minimum Gasteiger partial charge on any atom is -0.480 e. The average molecular weight is 416 g/mol. The van der Waals surface area contributed by atoms with Crippen LogP contribution in [0.15, 0.2) is 66.9 Å². The molecule has 31 heavy (non-hydrogen) atoms. The summed E-state index contributed by atoms with van der Waals surface area (Å²) >= 11 is 0. The highest BCUT2D eigenvalue weighted by Crippen LogP contribution is 2.44. The Morgan fingerprint density at radius 2 is 1.68 bits per heavy atom. The average Bonchev–Trinajstić information content (AvgIpc) is 3.11. The van der Waals surface area contributed by atoms with Gasteiger partial charge in [-0.15, -0.1) is 0 Å². The summed E-state index contributed by atoms with van der Waals surface area (Å²) in [6.45, 7) is 2.14. The second kappa shape index (κ2) is 9.00. The van der Waals surface area contributed by atoms with Crippen LogP contribution in [-0.2, 0) is 22.4 Å². The Kier molecular flexibility index (Phi) is 5.98. The van der Waals surface area contributed by atoms with E-state index in [4.69, 9.17) is 4.74 Å². The number of benzene rings is 2.